The highest BCUT2D eigenvalue weighted by Gasteiger charge is 2.06. The zero-order chi connectivity index (χ0) is 10.1. The molecule has 2 aromatic heterocycles. The number of rotatable bonds is 2. The molecular weight excluding hydrogens is 223 g/mol. The van der Waals surface area contributed by atoms with Gasteiger partial charge >= 0.3 is 0 Å². The van der Waals surface area contributed by atoms with Crippen LogP contribution in [0, 0.1) is 0 Å². The number of nitrogens with one attached hydrogen (secondary N) is 1. The summed E-state index contributed by atoms with van der Waals surface area (Å²) in [6, 6.07) is 3.40. The zero-order valence-corrected chi connectivity index (χ0v) is 8.97. The van der Waals surface area contributed by atoms with E-state index in [1.165, 1.54) is 0 Å². The lowest BCUT2D eigenvalue weighted by atomic mass is 10.4. The van der Waals surface area contributed by atoms with E-state index < -0.39 is 0 Å². The molecule has 0 aromatic carbocycles. The smallest absolute Gasteiger partial charge is 0.158 e. The van der Waals surface area contributed by atoms with Gasteiger partial charge in [0.25, 0.3) is 0 Å². The molecule has 0 saturated carbocycles. The fourth-order valence-electron chi connectivity index (χ4n) is 1.22. The first kappa shape index (κ1) is 9.71. The van der Waals surface area contributed by atoms with E-state index in [1.807, 2.05) is 13.1 Å². The number of aromatic nitrogens is 3. The Kier molecular flexibility index (Phi) is 2.58. The molecule has 4 nitrogen and oxygen atoms in total. The van der Waals surface area contributed by atoms with Crippen molar-refractivity contribution in [1.29, 1.82) is 0 Å². The standard InChI is InChI=1S/C8H8Cl2N4/c1-11-4-5-2-8-12-6(9)3-7(10)14(8)13-5/h2-3,11H,4H2,1H3. The molecule has 0 unspecified atom stereocenters. The molecule has 0 aliphatic carbocycles. The first-order valence-corrected chi connectivity index (χ1v) is 4.81. The van der Waals surface area contributed by atoms with Crippen LogP contribution in [-0.2, 0) is 6.54 Å². The fourth-order valence-corrected chi connectivity index (χ4v) is 1.70. The SMILES string of the molecule is CNCc1cc2nc(Cl)cc(Cl)n2n1. The average molecular weight is 231 g/mol. The zero-order valence-electron chi connectivity index (χ0n) is 7.46. The number of nitrogens with zero attached hydrogens (tertiary/aromatic N) is 3. The summed E-state index contributed by atoms with van der Waals surface area (Å²) in [5.41, 5.74) is 1.54. The summed E-state index contributed by atoms with van der Waals surface area (Å²) in [6.45, 7) is 0.678. The summed E-state index contributed by atoms with van der Waals surface area (Å²) in [6.07, 6.45) is 0. The Morgan fingerprint density at radius 3 is 2.93 bits per heavy atom. The van der Waals surface area contributed by atoms with Crippen molar-refractivity contribution in [1.82, 2.24) is 19.9 Å². The third-order valence-electron chi connectivity index (χ3n) is 1.76. The maximum atomic E-state index is 5.93. The van der Waals surface area contributed by atoms with Crippen molar-refractivity contribution < 1.29 is 0 Å². The first-order chi connectivity index (χ1) is 6.70. The van der Waals surface area contributed by atoms with Crippen molar-refractivity contribution in [3.8, 4) is 0 Å². The van der Waals surface area contributed by atoms with E-state index in [0.717, 1.165) is 5.69 Å². The largest absolute Gasteiger partial charge is 0.314 e. The molecule has 0 aliphatic rings. The lowest BCUT2D eigenvalue weighted by molar-refractivity contribution is 0.769. The van der Waals surface area contributed by atoms with Crippen LogP contribution < -0.4 is 5.32 Å². The highest BCUT2D eigenvalue weighted by molar-refractivity contribution is 6.33. The molecule has 0 amide bonds. The van der Waals surface area contributed by atoms with Crippen molar-refractivity contribution >= 4 is 28.8 Å². The quantitative estimate of drug-likeness (QED) is 0.800. The van der Waals surface area contributed by atoms with Crippen molar-refractivity contribution in [2.45, 2.75) is 6.54 Å². The minimum absolute atomic E-state index is 0.374. The third kappa shape index (κ3) is 1.68. The number of halogens is 2. The van der Waals surface area contributed by atoms with Gasteiger partial charge in [0.2, 0.25) is 0 Å². The molecular formula is C8H8Cl2N4. The van der Waals surface area contributed by atoms with Gasteiger partial charge < -0.3 is 5.32 Å². The Morgan fingerprint density at radius 1 is 1.43 bits per heavy atom. The Bertz CT molecular complexity index is 466. The van der Waals surface area contributed by atoms with Gasteiger partial charge in [0.05, 0.1) is 5.69 Å². The maximum Gasteiger partial charge on any atom is 0.158 e. The minimum atomic E-state index is 0.374. The van der Waals surface area contributed by atoms with Crippen LogP contribution in [0.15, 0.2) is 12.1 Å². The number of hydrogen-bond acceptors (Lipinski definition) is 3. The lowest BCUT2D eigenvalue weighted by Gasteiger charge is -1.95. The van der Waals surface area contributed by atoms with Crippen LogP contribution in [0.5, 0.6) is 0 Å². The van der Waals surface area contributed by atoms with Crippen LogP contribution in [0.3, 0.4) is 0 Å². The van der Waals surface area contributed by atoms with E-state index in [2.05, 4.69) is 15.4 Å². The molecule has 14 heavy (non-hydrogen) atoms. The second-order valence-electron chi connectivity index (χ2n) is 2.84. The lowest BCUT2D eigenvalue weighted by Crippen LogP contribution is -2.05. The van der Waals surface area contributed by atoms with E-state index in [4.69, 9.17) is 23.2 Å². The summed E-state index contributed by atoms with van der Waals surface area (Å²) in [5, 5.41) is 8.08. The molecule has 0 bridgehead atoms. The molecule has 0 fully saturated rings. The summed E-state index contributed by atoms with van der Waals surface area (Å²) >= 11 is 11.7. The second kappa shape index (κ2) is 3.73. The summed E-state index contributed by atoms with van der Waals surface area (Å²) < 4.78 is 1.56. The Morgan fingerprint density at radius 2 is 2.21 bits per heavy atom. The van der Waals surface area contributed by atoms with Gasteiger partial charge in [-0.3, -0.25) is 0 Å². The van der Waals surface area contributed by atoms with E-state index in [9.17, 15) is 0 Å². The fraction of sp³-hybridized carbons (Fsp3) is 0.250. The van der Waals surface area contributed by atoms with Gasteiger partial charge in [-0.15, -0.1) is 0 Å². The predicted octanol–water partition coefficient (Wildman–Crippen LogP) is 1.76. The van der Waals surface area contributed by atoms with Gasteiger partial charge in [-0.1, -0.05) is 23.2 Å². The highest BCUT2D eigenvalue weighted by atomic mass is 35.5. The van der Waals surface area contributed by atoms with E-state index >= 15 is 0 Å². The highest BCUT2D eigenvalue weighted by Crippen LogP contribution is 2.16. The molecule has 0 atom stereocenters. The van der Waals surface area contributed by atoms with Crippen LogP contribution in [0.25, 0.3) is 5.65 Å². The van der Waals surface area contributed by atoms with Crippen LogP contribution >= 0.6 is 23.2 Å². The van der Waals surface area contributed by atoms with Gasteiger partial charge in [0.15, 0.2) is 5.65 Å². The van der Waals surface area contributed by atoms with Gasteiger partial charge in [-0.2, -0.15) is 5.10 Å². The van der Waals surface area contributed by atoms with Gasteiger partial charge in [-0.25, -0.2) is 9.50 Å². The minimum Gasteiger partial charge on any atom is -0.314 e. The van der Waals surface area contributed by atoms with Crippen LogP contribution in [-0.4, -0.2) is 21.6 Å². The monoisotopic (exact) mass is 230 g/mol. The Hall–Kier alpha value is -0.840. The van der Waals surface area contributed by atoms with E-state index in [0.29, 0.717) is 22.5 Å². The van der Waals surface area contributed by atoms with Gasteiger partial charge in [0.1, 0.15) is 10.3 Å². The second-order valence-corrected chi connectivity index (χ2v) is 3.61. The summed E-state index contributed by atoms with van der Waals surface area (Å²) in [4.78, 5) is 4.09. The molecule has 0 radical (unpaired) electrons. The molecule has 74 valence electrons. The molecule has 2 rings (SSSR count). The number of hydrogen-bond donors (Lipinski definition) is 1. The summed E-state index contributed by atoms with van der Waals surface area (Å²) in [7, 11) is 1.85. The average Bonchev–Trinajstić information content (AvgIpc) is 2.48. The molecule has 0 aliphatic heterocycles. The van der Waals surface area contributed by atoms with Crippen molar-refractivity contribution in [3.05, 3.63) is 28.1 Å². The van der Waals surface area contributed by atoms with Gasteiger partial charge in [-0.05, 0) is 7.05 Å². The Labute approximate surface area is 90.8 Å². The van der Waals surface area contributed by atoms with Crippen molar-refractivity contribution in [3.63, 3.8) is 0 Å². The molecule has 0 saturated heterocycles. The van der Waals surface area contributed by atoms with Crippen LogP contribution in [0.4, 0.5) is 0 Å². The number of fused-ring (bicyclic) bond motifs is 1. The van der Waals surface area contributed by atoms with Crippen molar-refractivity contribution in [2.75, 3.05) is 7.05 Å². The van der Waals surface area contributed by atoms with Crippen LogP contribution in [0.1, 0.15) is 5.69 Å². The first-order valence-electron chi connectivity index (χ1n) is 4.06. The Balaban J connectivity index is 2.58. The molecule has 0 spiro atoms. The summed E-state index contributed by atoms with van der Waals surface area (Å²) in [5.74, 6) is 0. The van der Waals surface area contributed by atoms with E-state index in [1.54, 1.807) is 10.6 Å². The van der Waals surface area contributed by atoms with E-state index in [-0.39, 0.29) is 0 Å². The van der Waals surface area contributed by atoms with Crippen LogP contribution in [0.2, 0.25) is 10.3 Å². The predicted molar refractivity (Wildman–Crippen MR) is 55.8 cm³/mol. The molecule has 1 N–H and O–H groups in total. The molecule has 6 heteroatoms. The maximum absolute atomic E-state index is 5.93. The topological polar surface area (TPSA) is 42.2 Å². The molecule has 2 heterocycles. The normalized spacial score (nSPS) is 11.1. The van der Waals surface area contributed by atoms with Crippen molar-refractivity contribution in [2.24, 2.45) is 0 Å². The van der Waals surface area contributed by atoms with Gasteiger partial charge in [0, 0.05) is 18.7 Å². The molecule has 2 aromatic rings. The third-order valence-corrected chi connectivity index (χ3v) is 2.22.